The topological polar surface area (TPSA) is 113 Å². The van der Waals surface area contributed by atoms with E-state index < -0.39 is 10.3 Å². The van der Waals surface area contributed by atoms with Gasteiger partial charge in [-0.15, -0.1) is 0 Å². The van der Waals surface area contributed by atoms with Crippen molar-refractivity contribution < 1.29 is 17.4 Å². The highest BCUT2D eigenvalue weighted by atomic mass is 32.2. The summed E-state index contributed by atoms with van der Waals surface area (Å²) in [4.78, 5) is 13.8. The molecule has 2 aromatic rings. The number of carbonyl (C=O) groups excluding carboxylic acids is 1. The second-order valence-corrected chi connectivity index (χ2v) is 5.78. The Morgan fingerprint density at radius 3 is 2.17 bits per heavy atom. The quantitative estimate of drug-likeness (QED) is 0.910. The van der Waals surface area contributed by atoms with Gasteiger partial charge in [0.1, 0.15) is 5.75 Å². The summed E-state index contributed by atoms with van der Waals surface area (Å²) in [6, 6.07) is 14.1. The van der Waals surface area contributed by atoms with E-state index in [-0.39, 0.29) is 11.7 Å². The molecule has 0 aromatic heterocycles. The third kappa shape index (κ3) is 4.29. The van der Waals surface area contributed by atoms with Crippen LogP contribution in [0.15, 0.2) is 48.5 Å². The van der Waals surface area contributed by atoms with Crippen LogP contribution in [-0.2, 0) is 10.3 Å². The summed E-state index contributed by atoms with van der Waals surface area (Å²) in [5.74, 6) is -0.276. The van der Waals surface area contributed by atoms with Gasteiger partial charge in [0.25, 0.3) is 5.91 Å². The van der Waals surface area contributed by atoms with Crippen LogP contribution in [0.4, 0.5) is 5.69 Å². The summed E-state index contributed by atoms with van der Waals surface area (Å²) in [5.41, 5.74) is 1.47. The highest BCUT2D eigenvalue weighted by molar-refractivity contribution is 7.84. The van der Waals surface area contributed by atoms with Gasteiger partial charge in [-0.2, -0.15) is 18.8 Å². The van der Waals surface area contributed by atoms with Crippen molar-refractivity contribution in [3.63, 3.8) is 0 Å². The van der Waals surface area contributed by atoms with E-state index in [0.717, 1.165) is 0 Å². The Bertz CT molecular complexity index is 853. The van der Waals surface area contributed by atoms with E-state index >= 15 is 0 Å². The zero-order chi connectivity index (χ0) is 17.0. The van der Waals surface area contributed by atoms with Gasteiger partial charge in [-0.05, 0) is 48.5 Å². The van der Waals surface area contributed by atoms with E-state index in [2.05, 4.69) is 4.18 Å². The SMILES string of the molecule is CN(C(=O)c1ccc(OS(N)(=O)=O)cc1)c1ccc(C#N)cc1. The Morgan fingerprint density at radius 1 is 1.13 bits per heavy atom. The normalized spacial score (nSPS) is 10.7. The molecule has 0 saturated carbocycles. The lowest BCUT2D eigenvalue weighted by atomic mass is 10.1. The molecule has 23 heavy (non-hydrogen) atoms. The number of hydrogen-bond acceptors (Lipinski definition) is 5. The summed E-state index contributed by atoms with van der Waals surface area (Å²) in [5, 5.41) is 13.5. The molecule has 0 aliphatic rings. The minimum absolute atomic E-state index is 0.0186. The van der Waals surface area contributed by atoms with Crippen LogP contribution in [0, 0.1) is 11.3 Å². The number of rotatable bonds is 4. The average molecular weight is 331 g/mol. The fourth-order valence-electron chi connectivity index (χ4n) is 1.86. The van der Waals surface area contributed by atoms with Crippen LogP contribution in [0.2, 0.25) is 0 Å². The summed E-state index contributed by atoms with van der Waals surface area (Å²) < 4.78 is 26.1. The maximum absolute atomic E-state index is 12.4. The molecule has 1 amide bonds. The van der Waals surface area contributed by atoms with Crippen molar-refractivity contribution in [2.24, 2.45) is 5.14 Å². The summed E-state index contributed by atoms with van der Waals surface area (Å²) in [7, 11) is -2.50. The molecule has 0 fully saturated rings. The van der Waals surface area contributed by atoms with Gasteiger partial charge in [0.15, 0.2) is 0 Å². The molecule has 7 nitrogen and oxygen atoms in total. The Hall–Kier alpha value is -2.89. The molecular weight excluding hydrogens is 318 g/mol. The summed E-state index contributed by atoms with van der Waals surface area (Å²) in [6.07, 6.45) is 0. The van der Waals surface area contributed by atoms with Crippen molar-refractivity contribution in [1.82, 2.24) is 0 Å². The Morgan fingerprint density at radius 2 is 1.70 bits per heavy atom. The Kier molecular flexibility index (Phi) is 4.64. The van der Waals surface area contributed by atoms with Crippen molar-refractivity contribution in [3.8, 4) is 11.8 Å². The van der Waals surface area contributed by atoms with Crippen LogP contribution < -0.4 is 14.2 Å². The fourth-order valence-corrected chi connectivity index (χ4v) is 2.24. The first-order valence-electron chi connectivity index (χ1n) is 6.40. The van der Waals surface area contributed by atoms with Crippen LogP contribution in [0.1, 0.15) is 15.9 Å². The van der Waals surface area contributed by atoms with E-state index in [4.69, 9.17) is 10.4 Å². The monoisotopic (exact) mass is 331 g/mol. The second kappa shape index (κ2) is 6.48. The lowest BCUT2D eigenvalue weighted by Crippen LogP contribution is -2.26. The van der Waals surface area contributed by atoms with Crippen LogP contribution in [-0.4, -0.2) is 21.4 Å². The number of benzene rings is 2. The van der Waals surface area contributed by atoms with Crippen molar-refractivity contribution in [1.29, 1.82) is 5.26 Å². The minimum atomic E-state index is -4.10. The third-order valence-corrected chi connectivity index (χ3v) is 3.43. The molecule has 2 N–H and O–H groups in total. The fraction of sp³-hybridized carbons (Fsp3) is 0.0667. The highest BCUT2D eigenvalue weighted by Gasteiger charge is 2.14. The molecule has 0 aliphatic carbocycles. The minimum Gasteiger partial charge on any atom is -0.371 e. The van der Waals surface area contributed by atoms with Gasteiger partial charge < -0.3 is 9.08 Å². The number of nitriles is 1. The van der Waals surface area contributed by atoms with E-state index in [1.807, 2.05) is 6.07 Å². The molecule has 0 bridgehead atoms. The van der Waals surface area contributed by atoms with E-state index in [1.165, 1.54) is 29.2 Å². The Labute approximate surface area is 133 Å². The second-order valence-electron chi connectivity index (χ2n) is 4.62. The van der Waals surface area contributed by atoms with Crippen LogP contribution in [0.3, 0.4) is 0 Å². The molecule has 0 atom stereocenters. The highest BCUT2D eigenvalue weighted by Crippen LogP contribution is 2.18. The van der Waals surface area contributed by atoms with Gasteiger partial charge >= 0.3 is 10.3 Å². The maximum atomic E-state index is 12.4. The van der Waals surface area contributed by atoms with Gasteiger partial charge in [0.2, 0.25) is 0 Å². The van der Waals surface area contributed by atoms with Crippen molar-refractivity contribution >= 4 is 21.9 Å². The van der Waals surface area contributed by atoms with Crippen molar-refractivity contribution in [3.05, 3.63) is 59.7 Å². The molecular formula is C15H13N3O4S. The predicted octanol–water partition coefficient (Wildman–Crippen LogP) is 1.42. The van der Waals surface area contributed by atoms with E-state index in [0.29, 0.717) is 16.8 Å². The predicted molar refractivity (Wildman–Crippen MR) is 84.1 cm³/mol. The summed E-state index contributed by atoms with van der Waals surface area (Å²) >= 11 is 0. The van der Waals surface area contributed by atoms with Crippen molar-refractivity contribution in [2.75, 3.05) is 11.9 Å². The van der Waals surface area contributed by atoms with Gasteiger partial charge in [-0.25, -0.2) is 0 Å². The first-order chi connectivity index (χ1) is 10.8. The molecule has 2 rings (SSSR count). The molecule has 2 aromatic carbocycles. The molecule has 8 heteroatoms. The van der Waals surface area contributed by atoms with E-state index in [9.17, 15) is 13.2 Å². The molecule has 0 aliphatic heterocycles. The lowest BCUT2D eigenvalue weighted by molar-refractivity contribution is 0.0993. The molecule has 0 heterocycles. The van der Waals surface area contributed by atoms with Gasteiger partial charge in [-0.3, -0.25) is 4.79 Å². The number of nitrogens with zero attached hydrogens (tertiary/aromatic N) is 2. The van der Waals surface area contributed by atoms with Crippen molar-refractivity contribution in [2.45, 2.75) is 0 Å². The zero-order valence-corrected chi connectivity index (χ0v) is 12.9. The van der Waals surface area contributed by atoms with Gasteiger partial charge in [-0.1, -0.05) is 0 Å². The number of nitrogens with two attached hydrogens (primary N) is 1. The standard InChI is InChI=1S/C15H13N3O4S/c1-18(13-6-2-11(10-16)3-7-13)15(19)12-4-8-14(9-5-12)22-23(17,20)21/h2-9H,1H3,(H2,17,20,21). The average Bonchev–Trinajstić information content (AvgIpc) is 2.53. The van der Waals surface area contributed by atoms with Crippen LogP contribution in [0.5, 0.6) is 5.75 Å². The van der Waals surface area contributed by atoms with Crippen LogP contribution in [0.25, 0.3) is 0 Å². The molecule has 0 radical (unpaired) electrons. The number of amides is 1. The summed E-state index contributed by atoms with van der Waals surface area (Å²) in [6.45, 7) is 0. The number of carbonyl (C=O) groups is 1. The largest absolute Gasteiger partial charge is 0.380 e. The lowest BCUT2D eigenvalue weighted by Gasteiger charge is -2.17. The van der Waals surface area contributed by atoms with Gasteiger partial charge in [0, 0.05) is 18.3 Å². The van der Waals surface area contributed by atoms with Gasteiger partial charge in [0.05, 0.1) is 11.6 Å². The third-order valence-electron chi connectivity index (χ3n) is 3.00. The van der Waals surface area contributed by atoms with E-state index in [1.54, 1.807) is 31.3 Å². The molecule has 0 spiro atoms. The first kappa shape index (κ1) is 16.5. The first-order valence-corrected chi connectivity index (χ1v) is 7.88. The smallest absolute Gasteiger partial charge is 0.371 e. The molecule has 0 unspecified atom stereocenters. The number of hydrogen-bond donors (Lipinski definition) is 1. The zero-order valence-electron chi connectivity index (χ0n) is 12.1. The Balaban J connectivity index is 2.17. The number of anilines is 1. The molecule has 0 saturated heterocycles. The maximum Gasteiger partial charge on any atom is 0.380 e. The molecule has 118 valence electrons. The van der Waals surface area contributed by atoms with Crippen LogP contribution >= 0.6 is 0 Å².